The lowest BCUT2D eigenvalue weighted by atomic mass is 10.3. The van der Waals surface area contributed by atoms with E-state index in [9.17, 15) is 13.2 Å². The summed E-state index contributed by atoms with van der Waals surface area (Å²) >= 11 is 1.46. The normalized spacial score (nSPS) is 12.2. The molecule has 6 nitrogen and oxygen atoms in total. The Morgan fingerprint density at radius 3 is 2.77 bits per heavy atom. The average Bonchev–Trinajstić information content (AvgIpc) is 3.32. The maximum atomic E-state index is 12.9. The van der Waals surface area contributed by atoms with Crippen LogP contribution in [0.5, 0.6) is 0 Å². The lowest BCUT2D eigenvalue weighted by Crippen LogP contribution is -2.08. The van der Waals surface area contributed by atoms with Gasteiger partial charge in [0.2, 0.25) is 5.13 Å². The molecule has 4 aromatic rings. The summed E-state index contributed by atoms with van der Waals surface area (Å²) in [4.78, 5) is 12.1. The van der Waals surface area contributed by atoms with Crippen LogP contribution in [0.15, 0.2) is 36.1 Å². The van der Waals surface area contributed by atoms with Gasteiger partial charge in [0, 0.05) is 24.3 Å². The molecule has 10 heteroatoms. The number of rotatable bonds is 4. The highest BCUT2D eigenvalue weighted by atomic mass is 32.1. The van der Waals surface area contributed by atoms with Gasteiger partial charge in [-0.1, -0.05) is 0 Å². The Morgan fingerprint density at radius 2 is 2.08 bits per heavy atom. The molecule has 0 radical (unpaired) electrons. The Bertz CT molecular complexity index is 1050. The van der Waals surface area contributed by atoms with E-state index in [0.717, 1.165) is 16.9 Å². The first-order chi connectivity index (χ1) is 12.5. The second kappa shape index (κ2) is 6.20. The monoisotopic (exact) mass is 378 g/mol. The second-order valence-electron chi connectivity index (χ2n) is 5.57. The predicted octanol–water partition coefficient (Wildman–Crippen LogP) is 3.70. The van der Waals surface area contributed by atoms with Crippen molar-refractivity contribution < 1.29 is 13.2 Å². The highest BCUT2D eigenvalue weighted by Gasteiger charge is 2.33. The number of imidazole rings is 1. The van der Waals surface area contributed by atoms with Gasteiger partial charge in [-0.3, -0.25) is 0 Å². The Kier molecular flexibility index (Phi) is 3.98. The van der Waals surface area contributed by atoms with Crippen LogP contribution in [0.4, 0.5) is 13.2 Å². The summed E-state index contributed by atoms with van der Waals surface area (Å²) < 4.78 is 42.2. The van der Waals surface area contributed by atoms with Crippen molar-refractivity contribution in [3.8, 4) is 5.13 Å². The lowest BCUT2D eigenvalue weighted by molar-refractivity contribution is -0.141. The molecular weight excluding hydrogens is 365 g/mol. The highest BCUT2D eigenvalue weighted by molar-refractivity contribution is 7.12. The molecule has 0 atom stereocenters. The third-order valence-corrected chi connectivity index (χ3v) is 4.68. The number of hydrogen-bond donors (Lipinski definition) is 0. The number of pyridine rings is 1. The summed E-state index contributed by atoms with van der Waals surface area (Å²) in [5.74, 6) is 0.646. The maximum Gasteiger partial charge on any atom is 0.433 e. The molecule has 0 saturated heterocycles. The van der Waals surface area contributed by atoms with Crippen LogP contribution in [-0.2, 0) is 19.1 Å². The number of fused-ring (bicyclic) bond motifs is 1. The largest absolute Gasteiger partial charge is 0.433 e. The van der Waals surface area contributed by atoms with Gasteiger partial charge in [-0.15, -0.1) is 11.3 Å². The van der Waals surface area contributed by atoms with E-state index < -0.39 is 11.9 Å². The zero-order valence-corrected chi connectivity index (χ0v) is 14.4. The van der Waals surface area contributed by atoms with Crippen molar-refractivity contribution in [3.63, 3.8) is 0 Å². The van der Waals surface area contributed by atoms with Gasteiger partial charge in [-0.2, -0.15) is 18.3 Å². The molecule has 0 spiro atoms. The first-order valence-electron chi connectivity index (χ1n) is 7.82. The predicted molar refractivity (Wildman–Crippen MR) is 90.2 cm³/mol. The Morgan fingerprint density at radius 1 is 1.23 bits per heavy atom. The third-order valence-electron chi connectivity index (χ3n) is 3.92. The smallest absolute Gasteiger partial charge is 0.328 e. The Hall–Kier alpha value is -2.75. The van der Waals surface area contributed by atoms with Crippen LogP contribution in [0.2, 0.25) is 0 Å². The maximum absolute atomic E-state index is 12.9. The minimum absolute atomic E-state index is 0.405. The van der Waals surface area contributed by atoms with E-state index in [0.29, 0.717) is 29.8 Å². The minimum Gasteiger partial charge on any atom is -0.328 e. The van der Waals surface area contributed by atoms with Crippen molar-refractivity contribution in [2.45, 2.75) is 26.1 Å². The van der Waals surface area contributed by atoms with E-state index in [1.807, 2.05) is 18.4 Å². The molecule has 0 bridgehead atoms. The SMILES string of the molecule is CCn1c(Cc2ccn(-c3nccs3)n2)nc2cnc(C(F)(F)F)cc21. The van der Waals surface area contributed by atoms with Crippen LogP contribution in [0.3, 0.4) is 0 Å². The topological polar surface area (TPSA) is 61.4 Å². The molecule has 0 unspecified atom stereocenters. The van der Waals surface area contributed by atoms with E-state index in [4.69, 9.17) is 0 Å². The summed E-state index contributed by atoms with van der Waals surface area (Å²) in [6.07, 6.45) is 0.591. The van der Waals surface area contributed by atoms with Gasteiger partial charge in [0.15, 0.2) is 0 Å². The molecule has 0 aromatic carbocycles. The summed E-state index contributed by atoms with van der Waals surface area (Å²) in [6.45, 7) is 2.37. The number of aromatic nitrogens is 6. The molecule has 0 aliphatic heterocycles. The van der Waals surface area contributed by atoms with Crippen LogP contribution >= 0.6 is 11.3 Å². The van der Waals surface area contributed by atoms with E-state index >= 15 is 0 Å². The lowest BCUT2D eigenvalue weighted by Gasteiger charge is -2.07. The average molecular weight is 378 g/mol. The molecule has 4 aromatic heterocycles. The summed E-state index contributed by atoms with van der Waals surface area (Å²) in [7, 11) is 0. The number of thiazole rings is 1. The van der Waals surface area contributed by atoms with E-state index in [-0.39, 0.29) is 0 Å². The molecule has 0 amide bonds. The van der Waals surface area contributed by atoms with Crippen molar-refractivity contribution in [1.82, 2.24) is 29.3 Å². The minimum atomic E-state index is -4.48. The van der Waals surface area contributed by atoms with Crippen molar-refractivity contribution in [3.05, 3.63) is 53.3 Å². The number of alkyl halides is 3. The van der Waals surface area contributed by atoms with Crippen LogP contribution in [-0.4, -0.2) is 29.3 Å². The van der Waals surface area contributed by atoms with Gasteiger partial charge >= 0.3 is 6.18 Å². The zero-order chi connectivity index (χ0) is 18.3. The second-order valence-corrected chi connectivity index (χ2v) is 6.44. The van der Waals surface area contributed by atoms with Crippen LogP contribution in [0.25, 0.3) is 16.2 Å². The quantitative estimate of drug-likeness (QED) is 0.543. The molecule has 134 valence electrons. The number of aryl methyl sites for hydroxylation is 1. The fourth-order valence-corrected chi connectivity index (χ4v) is 3.35. The summed E-state index contributed by atoms with van der Waals surface area (Å²) in [5, 5.41) is 7.07. The van der Waals surface area contributed by atoms with Crippen molar-refractivity contribution in [2.75, 3.05) is 0 Å². The Labute approximate surface area is 150 Å². The Balaban J connectivity index is 1.70. The standard InChI is InChI=1S/C16H13F3N6S/c1-2-24-12-8-13(16(17,18)19)21-9-11(12)22-14(24)7-10-3-5-25(23-10)15-20-4-6-26-15/h3-6,8-9H,2,7H2,1H3. The fourth-order valence-electron chi connectivity index (χ4n) is 2.77. The highest BCUT2D eigenvalue weighted by Crippen LogP contribution is 2.30. The van der Waals surface area contributed by atoms with Crippen molar-refractivity contribution in [2.24, 2.45) is 0 Å². The van der Waals surface area contributed by atoms with Gasteiger partial charge in [-0.25, -0.2) is 19.6 Å². The van der Waals surface area contributed by atoms with Gasteiger partial charge in [0.1, 0.15) is 17.0 Å². The van der Waals surface area contributed by atoms with Crippen LogP contribution in [0, 0.1) is 0 Å². The first kappa shape index (κ1) is 16.7. The molecule has 0 N–H and O–H groups in total. The van der Waals surface area contributed by atoms with E-state index in [1.165, 1.54) is 17.5 Å². The number of hydrogen-bond acceptors (Lipinski definition) is 5. The third kappa shape index (κ3) is 2.96. The molecule has 4 heterocycles. The first-order valence-corrected chi connectivity index (χ1v) is 8.70. The number of nitrogens with zero attached hydrogens (tertiary/aromatic N) is 6. The molecule has 26 heavy (non-hydrogen) atoms. The van der Waals surface area contributed by atoms with Gasteiger partial charge < -0.3 is 4.57 Å². The zero-order valence-electron chi connectivity index (χ0n) is 13.6. The van der Waals surface area contributed by atoms with Crippen molar-refractivity contribution in [1.29, 1.82) is 0 Å². The van der Waals surface area contributed by atoms with Crippen LogP contribution < -0.4 is 0 Å². The van der Waals surface area contributed by atoms with Gasteiger partial charge in [0.25, 0.3) is 0 Å². The van der Waals surface area contributed by atoms with Crippen LogP contribution in [0.1, 0.15) is 24.1 Å². The summed E-state index contributed by atoms with van der Waals surface area (Å²) in [5.41, 5.74) is 0.701. The van der Waals surface area contributed by atoms with Crippen molar-refractivity contribution >= 4 is 22.4 Å². The van der Waals surface area contributed by atoms with Gasteiger partial charge in [0.05, 0.1) is 23.8 Å². The summed E-state index contributed by atoms with van der Waals surface area (Å²) in [6, 6.07) is 2.89. The van der Waals surface area contributed by atoms with Gasteiger partial charge in [-0.05, 0) is 19.1 Å². The molecule has 0 fully saturated rings. The fraction of sp³-hybridized carbons (Fsp3) is 0.250. The molecular formula is C16H13F3N6S. The molecule has 0 saturated carbocycles. The molecule has 4 rings (SSSR count). The number of halogens is 3. The van der Waals surface area contributed by atoms with E-state index in [1.54, 1.807) is 21.6 Å². The molecule has 0 aliphatic carbocycles. The van der Waals surface area contributed by atoms with E-state index in [2.05, 4.69) is 20.1 Å². The molecule has 0 aliphatic rings.